The minimum Gasteiger partial charge on any atom is -0.481 e. The molecular formula is C15H20N2O5S. The lowest BCUT2D eigenvalue weighted by molar-refractivity contribution is -0.137. The van der Waals surface area contributed by atoms with Crippen molar-refractivity contribution in [3.05, 3.63) is 29.3 Å². The van der Waals surface area contributed by atoms with Crippen molar-refractivity contribution in [3.8, 4) is 0 Å². The highest BCUT2D eigenvalue weighted by Gasteiger charge is 2.28. The van der Waals surface area contributed by atoms with Crippen LogP contribution in [0.1, 0.15) is 35.2 Å². The highest BCUT2D eigenvalue weighted by atomic mass is 32.2. The fourth-order valence-electron chi connectivity index (χ4n) is 2.06. The van der Waals surface area contributed by atoms with Crippen LogP contribution in [0.4, 0.5) is 0 Å². The average Bonchev–Trinajstić information content (AvgIpc) is 3.27. The van der Waals surface area contributed by atoms with Crippen LogP contribution in [0.3, 0.4) is 0 Å². The molecule has 2 N–H and O–H groups in total. The van der Waals surface area contributed by atoms with E-state index in [2.05, 4.69) is 4.72 Å². The molecule has 0 saturated heterocycles. The Morgan fingerprint density at radius 2 is 2.00 bits per heavy atom. The molecule has 1 aromatic carbocycles. The minimum absolute atomic E-state index is 0.0151. The van der Waals surface area contributed by atoms with E-state index < -0.39 is 21.9 Å². The minimum atomic E-state index is -3.64. The number of nitrogens with zero attached hydrogens (tertiary/aromatic N) is 1. The van der Waals surface area contributed by atoms with Crippen molar-refractivity contribution in [2.24, 2.45) is 0 Å². The zero-order valence-corrected chi connectivity index (χ0v) is 13.9. The number of carbonyl (C=O) groups is 2. The Morgan fingerprint density at radius 3 is 2.57 bits per heavy atom. The van der Waals surface area contributed by atoms with Gasteiger partial charge in [0.25, 0.3) is 5.91 Å². The molecule has 0 aromatic heterocycles. The van der Waals surface area contributed by atoms with Crippen molar-refractivity contribution in [1.82, 2.24) is 9.62 Å². The molecule has 1 saturated carbocycles. The molecule has 0 radical (unpaired) electrons. The second-order valence-electron chi connectivity index (χ2n) is 5.74. The Kier molecular flexibility index (Phi) is 5.06. The molecule has 0 bridgehead atoms. The van der Waals surface area contributed by atoms with Crippen molar-refractivity contribution in [2.75, 3.05) is 13.6 Å². The summed E-state index contributed by atoms with van der Waals surface area (Å²) in [6.07, 6.45) is 1.49. The van der Waals surface area contributed by atoms with Gasteiger partial charge in [0.2, 0.25) is 10.0 Å². The first kappa shape index (κ1) is 17.4. The lowest BCUT2D eigenvalue weighted by Gasteiger charge is -2.18. The third kappa shape index (κ3) is 4.52. The van der Waals surface area contributed by atoms with Gasteiger partial charge >= 0.3 is 5.97 Å². The van der Waals surface area contributed by atoms with Crippen LogP contribution in [0.2, 0.25) is 0 Å². The van der Waals surface area contributed by atoms with Crippen LogP contribution in [0.15, 0.2) is 23.1 Å². The van der Waals surface area contributed by atoms with E-state index >= 15 is 0 Å². The fraction of sp³-hybridized carbons (Fsp3) is 0.467. The maximum atomic E-state index is 12.4. The molecule has 0 heterocycles. The standard InChI is InChI=1S/C15H20N2O5S/c1-10-3-6-12(23(21,22)16-11-4-5-11)9-13(10)15(20)17(2)8-7-14(18)19/h3,6,9,11,16H,4-5,7-8H2,1-2H3,(H,18,19). The molecule has 1 amide bonds. The van der Waals surface area contributed by atoms with Gasteiger partial charge in [0.05, 0.1) is 11.3 Å². The molecule has 126 valence electrons. The first-order chi connectivity index (χ1) is 10.7. The van der Waals surface area contributed by atoms with Gasteiger partial charge in [-0.25, -0.2) is 13.1 Å². The Balaban J connectivity index is 2.22. The molecule has 0 aliphatic heterocycles. The number of carboxylic acids is 1. The highest BCUT2D eigenvalue weighted by molar-refractivity contribution is 7.89. The summed E-state index contributed by atoms with van der Waals surface area (Å²) in [5.41, 5.74) is 0.902. The molecular weight excluding hydrogens is 320 g/mol. The number of amides is 1. The van der Waals surface area contributed by atoms with Crippen LogP contribution in [-0.2, 0) is 14.8 Å². The maximum absolute atomic E-state index is 12.4. The number of nitrogens with one attached hydrogen (secondary N) is 1. The van der Waals surface area contributed by atoms with E-state index in [1.54, 1.807) is 13.0 Å². The topological polar surface area (TPSA) is 104 Å². The Hall–Kier alpha value is -1.93. The quantitative estimate of drug-likeness (QED) is 0.770. The number of aliphatic carboxylic acids is 1. The SMILES string of the molecule is Cc1ccc(S(=O)(=O)NC2CC2)cc1C(=O)N(C)CCC(=O)O. The van der Waals surface area contributed by atoms with Gasteiger partial charge in [-0.15, -0.1) is 0 Å². The smallest absolute Gasteiger partial charge is 0.305 e. The summed E-state index contributed by atoms with van der Waals surface area (Å²) in [5.74, 6) is -1.39. The summed E-state index contributed by atoms with van der Waals surface area (Å²) in [6.45, 7) is 1.77. The second-order valence-corrected chi connectivity index (χ2v) is 7.46. The molecule has 7 nitrogen and oxygen atoms in total. The van der Waals surface area contributed by atoms with Crippen LogP contribution in [0.5, 0.6) is 0 Å². The summed E-state index contributed by atoms with van der Waals surface area (Å²) < 4.78 is 27.1. The molecule has 1 fully saturated rings. The Labute approximate surface area is 135 Å². The monoisotopic (exact) mass is 340 g/mol. The second kappa shape index (κ2) is 6.67. The largest absolute Gasteiger partial charge is 0.481 e. The summed E-state index contributed by atoms with van der Waals surface area (Å²) in [4.78, 5) is 24.3. The highest BCUT2D eigenvalue weighted by Crippen LogP contribution is 2.23. The number of hydrogen-bond donors (Lipinski definition) is 2. The molecule has 1 aromatic rings. The van der Waals surface area contributed by atoms with Gasteiger partial charge in [-0.1, -0.05) is 6.07 Å². The molecule has 0 unspecified atom stereocenters. The zero-order chi connectivity index (χ0) is 17.2. The van der Waals surface area contributed by atoms with E-state index in [1.165, 1.54) is 24.1 Å². The molecule has 8 heteroatoms. The first-order valence-corrected chi connectivity index (χ1v) is 8.79. The van der Waals surface area contributed by atoms with E-state index in [4.69, 9.17) is 5.11 Å². The lowest BCUT2D eigenvalue weighted by atomic mass is 10.1. The van der Waals surface area contributed by atoms with Gasteiger partial charge in [0.15, 0.2) is 0 Å². The third-order valence-electron chi connectivity index (χ3n) is 3.66. The molecule has 0 spiro atoms. The number of hydrogen-bond acceptors (Lipinski definition) is 4. The van der Waals surface area contributed by atoms with Gasteiger partial charge in [-0.05, 0) is 37.5 Å². The maximum Gasteiger partial charge on any atom is 0.305 e. The summed E-state index contributed by atoms with van der Waals surface area (Å²) >= 11 is 0. The Bertz CT molecular complexity index is 725. The van der Waals surface area contributed by atoms with E-state index in [-0.39, 0.29) is 29.5 Å². The van der Waals surface area contributed by atoms with Crippen LogP contribution in [-0.4, -0.2) is 49.9 Å². The third-order valence-corrected chi connectivity index (χ3v) is 5.17. The normalized spacial score (nSPS) is 14.5. The average molecular weight is 340 g/mol. The molecule has 1 aliphatic carbocycles. The van der Waals surface area contributed by atoms with Crippen molar-refractivity contribution in [2.45, 2.75) is 37.1 Å². The predicted octanol–water partition coefficient (Wildman–Crippen LogP) is 0.982. The van der Waals surface area contributed by atoms with E-state index in [0.29, 0.717) is 5.56 Å². The molecule has 2 rings (SSSR count). The van der Waals surface area contributed by atoms with Crippen LogP contribution < -0.4 is 4.72 Å². The predicted molar refractivity (Wildman–Crippen MR) is 83.7 cm³/mol. The van der Waals surface area contributed by atoms with E-state index in [1.807, 2.05) is 0 Å². The lowest BCUT2D eigenvalue weighted by Crippen LogP contribution is -2.30. The number of benzene rings is 1. The van der Waals surface area contributed by atoms with Gasteiger partial charge in [0, 0.05) is 25.2 Å². The number of aryl methyl sites for hydroxylation is 1. The van der Waals surface area contributed by atoms with Crippen molar-refractivity contribution in [3.63, 3.8) is 0 Å². The molecule has 1 aliphatic rings. The summed E-state index contributed by atoms with van der Waals surface area (Å²) in [6, 6.07) is 4.38. The first-order valence-electron chi connectivity index (χ1n) is 7.31. The summed E-state index contributed by atoms with van der Waals surface area (Å²) in [7, 11) is -2.14. The van der Waals surface area contributed by atoms with Gasteiger partial charge in [0.1, 0.15) is 0 Å². The number of carbonyl (C=O) groups excluding carboxylic acids is 1. The fourth-order valence-corrected chi connectivity index (χ4v) is 3.39. The number of carboxylic acid groups (broad SMARTS) is 1. The van der Waals surface area contributed by atoms with E-state index in [9.17, 15) is 18.0 Å². The Morgan fingerprint density at radius 1 is 1.35 bits per heavy atom. The van der Waals surface area contributed by atoms with Crippen molar-refractivity contribution in [1.29, 1.82) is 0 Å². The molecule has 23 heavy (non-hydrogen) atoms. The van der Waals surface area contributed by atoms with Crippen molar-refractivity contribution >= 4 is 21.9 Å². The van der Waals surface area contributed by atoms with E-state index in [0.717, 1.165) is 12.8 Å². The zero-order valence-electron chi connectivity index (χ0n) is 13.1. The van der Waals surface area contributed by atoms with Crippen LogP contribution in [0.25, 0.3) is 0 Å². The number of rotatable bonds is 7. The van der Waals surface area contributed by atoms with Crippen molar-refractivity contribution < 1.29 is 23.1 Å². The van der Waals surface area contributed by atoms with Gasteiger partial charge in [-0.3, -0.25) is 9.59 Å². The van der Waals surface area contributed by atoms with Gasteiger partial charge < -0.3 is 10.0 Å². The summed E-state index contributed by atoms with van der Waals surface area (Å²) in [5, 5.41) is 8.68. The molecule has 0 atom stereocenters. The van der Waals surface area contributed by atoms with Gasteiger partial charge in [-0.2, -0.15) is 0 Å². The van der Waals surface area contributed by atoms with Crippen LogP contribution >= 0.6 is 0 Å². The number of sulfonamides is 1. The van der Waals surface area contributed by atoms with Crippen LogP contribution in [0, 0.1) is 6.92 Å².